The lowest BCUT2D eigenvalue weighted by atomic mass is 9.86. The van der Waals surface area contributed by atoms with E-state index in [1.165, 1.54) is 25.7 Å². The maximum absolute atomic E-state index is 5.36. The van der Waals surface area contributed by atoms with E-state index in [9.17, 15) is 0 Å². The molecule has 2 nitrogen and oxygen atoms in total. The largest absolute Gasteiger partial charge is 0.346 e. The Morgan fingerprint density at radius 2 is 2.20 bits per heavy atom. The minimum atomic E-state index is 0.562. The first kappa shape index (κ1) is 7.02. The molecule has 1 aliphatic heterocycles. The fourth-order valence-electron chi connectivity index (χ4n) is 1.86. The molecule has 0 spiro atoms. The minimum absolute atomic E-state index is 0.562. The fraction of sp³-hybridized carbons (Fsp3) is 1.00. The Kier molecular flexibility index (Phi) is 2.22. The molecule has 3 unspecified atom stereocenters. The Labute approximate surface area is 63.6 Å². The molecular weight excluding hydrogens is 145 g/mol. The summed E-state index contributed by atoms with van der Waals surface area (Å²) in [5.41, 5.74) is 0. The van der Waals surface area contributed by atoms with E-state index in [1.54, 1.807) is 0 Å². The van der Waals surface area contributed by atoms with Crippen LogP contribution in [0.2, 0.25) is 0 Å². The van der Waals surface area contributed by atoms with Gasteiger partial charge in [-0.15, -0.1) is 0 Å². The van der Waals surface area contributed by atoms with Crippen LogP contribution in [0.5, 0.6) is 0 Å². The Morgan fingerprint density at radius 1 is 1.30 bits per heavy atom. The fourth-order valence-corrected chi connectivity index (χ4v) is 2.78. The van der Waals surface area contributed by atoms with E-state index in [-0.39, 0.29) is 0 Å². The van der Waals surface area contributed by atoms with Gasteiger partial charge in [0.1, 0.15) is 0 Å². The van der Waals surface area contributed by atoms with Crippen LogP contribution in [0.25, 0.3) is 0 Å². The van der Waals surface area contributed by atoms with Crippen LogP contribution in [0.1, 0.15) is 25.7 Å². The van der Waals surface area contributed by atoms with Gasteiger partial charge in [-0.2, -0.15) is 0 Å². The zero-order chi connectivity index (χ0) is 6.81. The highest BCUT2D eigenvalue weighted by Gasteiger charge is 2.27. The zero-order valence-corrected chi connectivity index (χ0v) is 7.10. The number of hydrogen-bond acceptors (Lipinski definition) is 2. The van der Waals surface area contributed by atoms with Gasteiger partial charge in [0.15, 0.2) is 0 Å². The first-order valence-corrected chi connectivity index (χ1v) is 5.00. The van der Waals surface area contributed by atoms with Crippen LogP contribution in [-0.2, 0) is 4.52 Å². The van der Waals surface area contributed by atoms with E-state index >= 15 is 0 Å². The van der Waals surface area contributed by atoms with Gasteiger partial charge in [0, 0.05) is 6.04 Å². The third-order valence-corrected chi connectivity index (χ3v) is 3.32. The first-order chi connectivity index (χ1) is 4.97. The number of rotatable bonds is 0. The quantitative estimate of drug-likeness (QED) is 0.543. The molecule has 0 amide bonds. The summed E-state index contributed by atoms with van der Waals surface area (Å²) in [4.78, 5) is 0. The Bertz CT molecular complexity index is 94.2. The van der Waals surface area contributed by atoms with Crippen molar-refractivity contribution in [2.24, 2.45) is 5.92 Å². The Balaban J connectivity index is 1.93. The number of fused-ring (bicyclic) bond motifs is 1. The molecule has 0 aromatic heterocycles. The summed E-state index contributed by atoms with van der Waals surface area (Å²) < 4.78 is 5.36. The molecule has 1 saturated heterocycles. The molecule has 58 valence electrons. The maximum atomic E-state index is 5.36. The van der Waals surface area contributed by atoms with E-state index in [0.29, 0.717) is 8.96 Å². The monoisotopic (exact) mass is 159 g/mol. The van der Waals surface area contributed by atoms with Crippen molar-refractivity contribution in [2.45, 2.75) is 31.7 Å². The lowest BCUT2D eigenvalue weighted by Crippen LogP contribution is -2.39. The average molecular weight is 159 g/mol. The molecule has 2 rings (SSSR count). The van der Waals surface area contributed by atoms with Crippen LogP contribution in [0, 0.1) is 5.92 Å². The van der Waals surface area contributed by atoms with Crippen molar-refractivity contribution in [3.63, 3.8) is 0 Å². The van der Waals surface area contributed by atoms with Crippen LogP contribution in [0.3, 0.4) is 0 Å². The SMILES string of the molecule is C1CCC2NPOCC2C1. The lowest BCUT2D eigenvalue weighted by molar-refractivity contribution is 0.168. The van der Waals surface area contributed by atoms with Gasteiger partial charge in [-0.1, -0.05) is 12.8 Å². The van der Waals surface area contributed by atoms with Crippen LogP contribution in [0.15, 0.2) is 0 Å². The van der Waals surface area contributed by atoms with Gasteiger partial charge >= 0.3 is 0 Å². The summed E-state index contributed by atoms with van der Waals surface area (Å²) in [6, 6.07) is 0.792. The highest BCUT2D eigenvalue weighted by molar-refractivity contribution is 7.29. The molecule has 10 heavy (non-hydrogen) atoms. The normalized spacial score (nSPS) is 43.2. The van der Waals surface area contributed by atoms with Crippen molar-refractivity contribution in [1.82, 2.24) is 5.09 Å². The van der Waals surface area contributed by atoms with Gasteiger partial charge in [0.05, 0.1) is 15.6 Å². The zero-order valence-electron chi connectivity index (χ0n) is 6.10. The molecule has 2 fully saturated rings. The number of hydrogen-bond donors (Lipinski definition) is 1. The van der Waals surface area contributed by atoms with Gasteiger partial charge in [-0.3, -0.25) is 5.09 Å². The van der Waals surface area contributed by atoms with E-state index in [4.69, 9.17) is 4.52 Å². The predicted molar refractivity (Wildman–Crippen MR) is 43.1 cm³/mol. The maximum Gasteiger partial charge on any atom is 0.0864 e. The summed E-state index contributed by atoms with van der Waals surface area (Å²) in [7, 11) is 0.562. The van der Waals surface area contributed by atoms with Crippen LogP contribution >= 0.6 is 8.96 Å². The third-order valence-electron chi connectivity index (χ3n) is 2.52. The van der Waals surface area contributed by atoms with Gasteiger partial charge in [0.25, 0.3) is 0 Å². The summed E-state index contributed by atoms with van der Waals surface area (Å²) in [5.74, 6) is 0.829. The van der Waals surface area contributed by atoms with Crippen molar-refractivity contribution >= 4 is 8.96 Å². The molecule has 0 aromatic rings. The first-order valence-electron chi connectivity index (χ1n) is 4.09. The van der Waals surface area contributed by atoms with Crippen molar-refractivity contribution in [1.29, 1.82) is 0 Å². The highest BCUT2D eigenvalue weighted by Crippen LogP contribution is 2.31. The molecule has 1 N–H and O–H groups in total. The summed E-state index contributed by atoms with van der Waals surface area (Å²) >= 11 is 0. The molecule has 0 bridgehead atoms. The molecule has 1 aliphatic carbocycles. The van der Waals surface area contributed by atoms with Gasteiger partial charge in [-0.25, -0.2) is 0 Å². The van der Waals surface area contributed by atoms with Gasteiger partial charge < -0.3 is 4.52 Å². The van der Waals surface area contributed by atoms with Crippen LogP contribution in [-0.4, -0.2) is 12.6 Å². The molecule has 1 heterocycles. The van der Waals surface area contributed by atoms with Crippen molar-refractivity contribution in [2.75, 3.05) is 6.61 Å². The summed E-state index contributed by atoms with van der Waals surface area (Å²) in [6.07, 6.45) is 5.58. The average Bonchev–Trinajstić information content (AvgIpc) is 2.05. The molecular formula is C7H14NOP. The second kappa shape index (κ2) is 3.17. The van der Waals surface area contributed by atoms with Crippen molar-refractivity contribution in [3.8, 4) is 0 Å². The molecule has 3 atom stereocenters. The number of nitrogens with one attached hydrogen (secondary N) is 1. The van der Waals surface area contributed by atoms with E-state index in [0.717, 1.165) is 18.6 Å². The van der Waals surface area contributed by atoms with Crippen molar-refractivity contribution < 1.29 is 4.52 Å². The van der Waals surface area contributed by atoms with Gasteiger partial charge in [0.2, 0.25) is 0 Å². The van der Waals surface area contributed by atoms with E-state index < -0.39 is 0 Å². The smallest absolute Gasteiger partial charge is 0.0864 e. The summed E-state index contributed by atoms with van der Waals surface area (Å²) in [6.45, 7) is 1.01. The molecule has 0 aromatic carbocycles. The topological polar surface area (TPSA) is 21.3 Å². The highest BCUT2D eigenvalue weighted by atomic mass is 31.1. The molecule has 2 aliphatic rings. The second-order valence-electron chi connectivity index (χ2n) is 3.21. The predicted octanol–water partition coefficient (Wildman–Crippen LogP) is 1.67. The second-order valence-corrected chi connectivity index (χ2v) is 3.99. The van der Waals surface area contributed by atoms with Crippen LogP contribution < -0.4 is 5.09 Å². The summed E-state index contributed by atoms with van der Waals surface area (Å²) in [5, 5.41) is 3.43. The molecule has 0 radical (unpaired) electrons. The van der Waals surface area contributed by atoms with E-state index in [1.807, 2.05) is 0 Å². The van der Waals surface area contributed by atoms with E-state index in [2.05, 4.69) is 5.09 Å². The third kappa shape index (κ3) is 1.34. The molecule has 1 saturated carbocycles. The minimum Gasteiger partial charge on any atom is -0.346 e. The van der Waals surface area contributed by atoms with Crippen LogP contribution in [0.4, 0.5) is 0 Å². The van der Waals surface area contributed by atoms with Crippen molar-refractivity contribution in [3.05, 3.63) is 0 Å². The lowest BCUT2D eigenvalue weighted by Gasteiger charge is -2.35. The molecule has 3 heteroatoms. The Hall–Kier alpha value is 0.350. The Morgan fingerprint density at radius 3 is 3.10 bits per heavy atom. The van der Waals surface area contributed by atoms with Gasteiger partial charge in [-0.05, 0) is 18.8 Å². The standard InChI is InChI=1S/C7H14NOP/c1-2-4-7-6(3-1)5-9-10-8-7/h6-8,10H,1-5H2.